The summed E-state index contributed by atoms with van der Waals surface area (Å²) >= 11 is 6.01. The van der Waals surface area contributed by atoms with Crippen LogP contribution in [0.25, 0.3) is 11.0 Å². The maximum absolute atomic E-state index is 13.9. The minimum absolute atomic E-state index is 0.273. The first-order valence-corrected chi connectivity index (χ1v) is 12.3. The molecule has 4 rings (SSSR count). The number of ether oxygens (including phenoxy) is 1. The fourth-order valence-electron chi connectivity index (χ4n) is 4.47. The van der Waals surface area contributed by atoms with E-state index in [-0.39, 0.29) is 5.91 Å². The molecule has 0 aliphatic carbocycles. The highest BCUT2D eigenvalue weighted by Gasteiger charge is 2.50. The van der Waals surface area contributed by atoms with Crippen LogP contribution < -0.4 is 21.3 Å². The fraction of sp³-hybridized carbons (Fsp3) is 0.440. The van der Waals surface area contributed by atoms with Crippen LogP contribution >= 0.6 is 11.6 Å². The average Bonchev–Trinajstić information content (AvgIpc) is 3.30. The molecule has 1 aromatic carbocycles. The van der Waals surface area contributed by atoms with Gasteiger partial charge in [0.25, 0.3) is 0 Å². The third-order valence-electron chi connectivity index (χ3n) is 6.19. The predicted molar refractivity (Wildman–Crippen MR) is 140 cm³/mol. The second-order valence-electron chi connectivity index (χ2n) is 9.88. The molecule has 2 aromatic heterocycles. The number of aromatic amines is 1. The summed E-state index contributed by atoms with van der Waals surface area (Å²) < 4.78 is 5.80. The first-order valence-electron chi connectivity index (χ1n) is 11.9. The molecule has 3 aromatic rings. The van der Waals surface area contributed by atoms with E-state index in [0.29, 0.717) is 66.5 Å². The summed E-state index contributed by atoms with van der Waals surface area (Å²) in [5.74, 6) is 0.0548. The third-order valence-corrected chi connectivity index (χ3v) is 6.43. The van der Waals surface area contributed by atoms with Gasteiger partial charge in [0.1, 0.15) is 23.1 Å². The van der Waals surface area contributed by atoms with Crippen molar-refractivity contribution in [3.63, 3.8) is 0 Å². The zero-order chi connectivity index (χ0) is 25.9. The zero-order valence-electron chi connectivity index (χ0n) is 20.7. The Morgan fingerprint density at radius 1 is 1.22 bits per heavy atom. The summed E-state index contributed by atoms with van der Waals surface area (Å²) in [6, 6.07) is 7.10. The van der Waals surface area contributed by atoms with Crippen LogP contribution in [0.15, 0.2) is 36.8 Å². The second kappa shape index (κ2) is 10.3. The summed E-state index contributed by atoms with van der Waals surface area (Å²) in [6.45, 7) is 6.82. The lowest BCUT2D eigenvalue weighted by Gasteiger charge is -2.44. The number of hydrogen-bond acceptors (Lipinski definition) is 7. The van der Waals surface area contributed by atoms with E-state index in [4.69, 9.17) is 22.1 Å². The average molecular weight is 514 g/mol. The number of anilines is 2. The highest BCUT2D eigenvalue weighted by Crippen LogP contribution is 2.35. The molecule has 1 aliphatic heterocycles. The van der Waals surface area contributed by atoms with E-state index in [0.717, 1.165) is 5.56 Å². The van der Waals surface area contributed by atoms with Crippen LogP contribution in [0.4, 0.5) is 16.3 Å². The number of nitrogens with zero attached hydrogens (tertiary/aromatic N) is 3. The standard InChI is InChI=1S/C25H32ClN7O3/c1-24(2,3)36-23(35)33(21-18-7-11-29-20(18)31-15-32-21)25(8-12-28-13-9-25)22(34)30-10-6-16-4-5-17(26)14-19(16)27/h4-5,7,11,14-15,28H,6,8-10,12-13,27H2,1-3H3,(H,30,34)(H,29,31,32). The van der Waals surface area contributed by atoms with Gasteiger partial charge in [-0.1, -0.05) is 17.7 Å². The number of piperidine rings is 1. The van der Waals surface area contributed by atoms with Gasteiger partial charge >= 0.3 is 6.09 Å². The van der Waals surface area contributed by atoms with Crippen molar-refractivity contribution in [1.29, 1.82) is 0 Å². The molecule has 2 amide bonds. The molecule has 3 heterocycles. The van der Waals surface area contributed by atoms with Crippen LogP contribution in [-0.2, 0) is 16.0 Å². The van der Waals surface area contributed by atoms with E-state index >= 15 is 0 Å². The molecule has 5 N–H and O–H groups in total. The molecule has 11 heteroatoms. The smallest absolute Gasteiger partial charge is 0.417 e. The number of hydrogen-bond donors (Lipinski definition) is 4. The van der Waals surface area contributed by atoms with Crippen LogP contribution in [0.3, 0.4) is 0 Å². The Balaban J connectivity index is 1.69. The number of carbonyl (C=O) groups is 2. The molecule has 10 nitrogen and oxygen atoms in total. The molecule has 192 valence electrons. The minimum atomic E-state index is -1.21. The summed E-state index contributed by atoms with van der Waals surface area (Å²) in [5, 5.41) is 7.51. The van der Waals surface area contributed by atoms with Gasteiger partial charge in [0, 0.05) is 23.5 Å². The minimum Gasteiger partial charge on any atom is -0.443 e. The highest BCUT2D eigenvalue weighted by atomic mass is 35.5. The number of benzene rings is 1. The normalized spacial score (nSPS) is 15.4. The molecule has 1 aliphatic rings. The number of nitrogens with two attached hydrogens (primary N) is 1. The lowest BCUT2D eigenvalue weighted by Crippen LogP contribution is -2.65. The first-order chi connectivity index (χ1) is 17.1. The zero-order valence-corrected chi connectivity index (χ0v) is 21.5. The van der Waals surface area contributed by atoms with Crippen LogP contribution in [0.5, 0.6) is 0 Å². The number of aromatic nitrogens is 3. The molecule has 0 atom stereocenters. The first kappa shape index (κ1) is 25.7. The number of nitrogens with one attached hydrogen (secondary N) is 3. The van der Waals surface area contributed by atoms with E-state index in [1.807, 2.05) is 6.07 Å². The number of nitrogen functional groups attached to an aromatic ring is 1. The van der Waals surface area contributed by atoms with Crippen molar-refractivity contribution in [3.05, 3.63) is 47.4 Å². The van der Waals surface area contributed by atoms with Crippen molar-refractivity contribution in [3.8, 4) is 0 Å². The second-order valence-corrected chi connectivity index (χ2v) is 10.3. The van der Waals surface area contributed by atoms with Crippen LogP contribution in [0.2, 0.25) is 5.02 Å². The van der Waals surface area contributed by atoms with E-state index in [2.05, 4.69) is 25.6 Å². The number of carbonyl (C=O) groups excluding carboxylic acids is 2. The van der Waals surface area contributed by atoms with Crippen molar-refractivity contribution in [2.75, 3.05) is 30.3 Å². The third kappa shape index (κ3) is 5.39. The molecule has 1 fully saturated rings. The van der Waals surface area contributed by atoms with E-state index in [1.165, 1.54) is 11.2 Å². The summed E-state index contributed by atoms with van der Waals surface area (Å²) in [4.78, 5) is 40.8. The lowest BCUT2D eigenvalue weighted by atomic mass is 9.85. The number of amides is 2. The Morgan fingerprint density at radius 3 is 2.67 bits per heavy atom. The highest BCUT2D eigenvalue weighted by molar-refractivity contribution is 6.30. The molecule has 0 bridgehead atoms. The fourth-order valence-corrected chi connectivity index (χ4v) is 4.65. The Labute approximate surface area is 214 Å². The maximum Gasteiger partial charge on any atom is 0.417 e. The van der Waals surface area contributed by atoms with Crippen molar-refractivity contribution in [1.82, 2.24) is 25.6 Å². The molecule has 0 unspecified atom stereocenters. The molecule has 0 spiro atoms. The number of rotatable bonds is 6. The monoisotopic (exact) mass is 513 g/mol. The molecule has 0 saturated carbocycles. The Bertz CT molecular complexity index is 1250. The van der Waals surface area contributed by atoms with Crippen LogP contribution in [0.1, 0.15) is 39.2 Å². The summed E-state index contributed by atoms with van der Waals surface area (Å²) in [6.07, 6.45) is 3.76. The number of H-pyrrole nitrogens is 1. The van der Waals surface area contributed by atoms with Gasteiger partial charge in [0.2, 0.25) is 5.91 Å². The van der Waals surface area contributed by atoms with Crippen molar-refractivity contribution in [2.24, 2.45) is 0 Å². The van der Waals surface area contributed by atoms with E-state index in [9.17, 15) is 9.59 Å². The van der Waals surface area contributed by atoms with Gasteiger partial charge in [0.05, 0.1) is 5.39 Å². The molecule has 36 heavy (non-hydrogen) atoms. The van der Waals surface area contributed by atoms with Gasteiger partial charge in [-0.15, -0.1) is 0 Å². The Kier molecular flexibility index (Phi) is 7.37. The molecule has 0 radical (unpaired) electrons. The van der Waals surface area contributed by atoms with Gasteiger partial charge in [0.15, 0.2) is 5.82 Å². The summed E-state index contributed by atoms with van der Waals surface area (Å²) in [5.41, 5.74) is 6.12. The Morgan fingerprint density at radius 2 is 1.97 bits per heavy atom. The molecule has 1 saturated heterocycles. The van der Waals surface area contributed by atoms with Gasteiger partial charge < -0.3 is 26.1 Å². The van der Waals surface area contributed by atoms with Gasteiger partial charge in [-0.3, -0.25) is 4.79 Å². The lowest BCUT2D eigenvalue weighted by molar-refractivity contribution is -0.127. The topological polar surface area (TPSA) is 138 Å². The Hall–Kier alpha value is -3.37. The van der Waals surface area contributed by atoms with Gasteiger partial charge in [-0.05, 0) is 76.9 Å². The largest absolute Gasteiger partial charge is 0.443 e. The SMILES string of the molecule is CC(C)(C)OC(=O)N(c1ncnc2[nH]ccc12)C1(C(=O)NCCc2ccc(Cl)cc2N)CCNCC1. The quantitative estimate of drug-likeness (QED) is 0.370. The number of halogens is 1. The van der Waals surface area contributed by atoms with Crippen molar-refractivity contribution < 1.29 is 14.3 Å². The van der Waals surface area contributed by atoms with Crippen LogP contribution in [-0.4, -0.2) is 57.7 Å². The van der Waals surface area contributed by atoms with E-state index < -0.39 is 17.2 Å². The number of fused-ring (bicyclic) bond motifs is 1. The molecular formula is C25H32ClN7O3. The van der Waals surface area contributed by atoms with E-state index in [1.54, 1.807) is 45.2 Å². The van der Waals surface area contributed by atoms with Crippen molar-refractivity contribution >= 4 is 46.1 Å². The van der Waals surface area contributed by atoms with Gasteiger partial charge in [-0.2, -0.15) is 0 Å². The summed E-state index contributed by atoms with van der Waals surface area (Å²) in [7, 11) is 0. The predicted octanol–water partition coefficient (Wildman–Crippen LogP) is 3.42. The van der Waals surface area contributed by atoms with Crippen molar-refractivity contribution in [2.45, 2.75) is 51.2 Å². The molecular weight excluding hydrogens is 482 g/mol. The van der Waals surface area contributed by atoms with Gasteiger partial charge in [-0.25, -0.2) is 19.7 Å². The maximum atomic E-state index is 13.9. The van der Waals surface area contributed by atoms with Crippen LogP contribution in [0, 0.1) is 0 Å².